The average molecular weight is 245 g/mol. The number of nitrogens with zero attached hydrogens (tertiary/aromatic N) is 2. The molecule has 0 fully saturated rings. The number of nitrogens with two attached hydrogens (primary N) is 1. The number of thiocarbonyl (C=S) groups is 1. The van der Waals surface area contributed by atoms with Crippen LogP contribution in [-0.2, 0) is 6.18 Å². The van der Waals surface area contributed by atoms with E-state index in [4.69, 9.17) is 5.73 Å². The first-order chi connectivity index (χ1) is 7.39. The number of pyridine rings is 1. The molecule has 0 unspecified atom stereocenters. The fraction of sp³-hybridized carbons (Fsp3) is 0.111. The van der Waals surface area contributed by atoms with Gasteiger partial charge >= 0.3 is 6.18 Å². The third-order valence-corrected chi connectivity index (χ3v) is 2.25. The van der Waals surface area contributed by atoms with Gasteiger partial charge in [-0.1, -0.05) is 12.2 Å². The number of rotatable bonds is 1. The van der Waals surface area contributed by atoms with Gasteiger partial charge in [0.15, 0.2) is 0 Å². The zero-order valence-corrected chi connectivity index (χ0v) is 8.64. The number of hydrogen-bond donors (Lipinski definition) is 1. The monoisotopic (exact) mass is 245 g/mol. The Hall–Kier alpha value is -1.63. The number of fused-ring (bicyclic) bond motifs is 1. The molecule has 0 radical (unpaired) electrons. The zero-order chi connectivity index (χ0) is 11.9. The maximum atomic E-state index is 12.6. The van der Waals surface area contributed by atoms with Gasteiger partial charge in [0.1, 0.15) is 16.3 Å². The smallest absolute Gasteiger partial charge is 0.388 e. The van der Waals surface area contributed by atoms with E-state index in [-0.39, 0.29) is 16.3 Å². The lowest BCUT2D eigenvalue weighted by atomic mass is 10.2. The molecule has 0 amide bonds. The van der Waals surface area contributed by atoms with Crippen LogP contribution >= 0.6 is 12.2 Å². The molecule has 2 aromatic rings. The van der Waals surface area contributed by atoms with Gasteiger partial charge in [-0.15, -0.1) is 0 Å². The van der Waals surface area contributed by atoms with Crippen LogP contribution in [-0.4, -0.2) is 14.4 Å². The summed E-state index contributed by atoms with van der Waals surface area (Å²) in [4.78, 5) is 3.72. The largest absolute Gasteiger partial charge is 0.419 e. The van der Waals surface area contributed by atoms with Crippen LogP contribution in [0, 0.1) is 0 Å². The van der Waals surface area contributed by atoms with E-state index in [1.807, 2.05) is 0 Å². The summed E-state index contributed by atoms with van der Waals surface area (Å²) >= 11 is 4.66. The summed E-state index contributed by atoms with van der Waals surface area (Å²) in [5, 5.41) is 0. The topological polar surface area (TPSA) is 43.3 Å². The van der Waals surface area contributed by atoms with E-state index in [0.29, 0.717) is 0 Å². The Morgan fingerprint density at radius 1 is 1.44 bits per heavy atom. The van der Waals surface area contributed by atoms with Gasteiger partial charge in [-0.2, -0.15) is 13.2 Å². The Balaban J connectivity index is 2.73. The molecule has 3 nitrogen and oxygen atoms in total. The van der Waals surface area contributed by atoms with E-state index in [9.17, 15) is 13.2 Å². The lowest BCUT2D eigenvalue weighted by Crippen LogP contribution is -2.10. The molecule has 0 saturated carbocycles. The maximum absolute atomic E-state index is 12.6. The standard InChI is InChI=1S/C9H6F3N3S/c10-9(11,12)5-2-1-3-15-4-6(7(13)16)14-8(5)15/h1-4H,(H2,13,16). The van der Waals surface area contributed by atoms with E-state index in [1.165, 1.54) is 22.9 Å². The lowest BCUT2D eigenvalue weighted by Gasteiger charge is -2.06. The van der Waals surface area contributed by atoms with Crippen LogP contribution in [0.2, 0.25) is 0 Å². The van der Waals surface area contributed by atoms with Crippen LogP contribution in [0.25, 0.3) is 5.65 Å². The molecule has 2 heterocycles. The predicted octanol–water partition coefficient (Wildman–Crippen LogP) is 1.99. The minimum atomic E-state index is -4.44. The van der Waals surface area contributed by atoms with Crippen molar-refractivity contribution in [3.05, 3.63) is 35.8 Å². The van der Waals surface area contributed by atoms with Crippen molar-refractivity contribution >= 4 is 22.9 Å². The minimum absolute atomic E-state index is 0.0307. The van der Waals surface area contributed by atoms with E-state index in [2.05, 4.69) is 17.2 Å². The van der Waals surface area contributed by atoms with Gasteiger partial charge < -0.3 is 10.1 Å². The first kappa shape index (κ1) is 10.9. The van der Waals surface area contributed by atoms with Crippen molar-refractivity contribution in [2.75, 3.05) is 0 Å². The summed E-state index contributed by atoms with van der Waals surface area (Å²) < 4.78 is 39.1. The second kappa shape index (κ2) is 3.44. The van der Waals surface area contributed by atoms with E-state index in [0.717, 1.165) is 6.07 Å². The molecule has 2 rings (SSSR count). The molecular weight excluding hydrogens is 239 g/mol. The molecule has 16 heavy (non-hydrogen) atoms. The van der Waals surface area contributed by atoms with Crippen molar-refractivity contribution in [1.29, 1.82) is 0 Å². The Kier molecular flexibility index (Phi) is 2.34. The molecule has 0 saturated heterocycles. The first-order valence-corrected chi connectivity index (χ1v) is 4.65. The molecule has 2 N–H and O–H groups in total. The van der Waals surface area contributed by atoms with Crippen molar-refractivity contribution in [3.63, 3.8) is 0 Å². The second-order valence-corrected chi connectivity index (χ2v) is 3.58. The summed E-state index contributed by atoms with van der Waals surface area (Å²) in [7, 11) is 0. The van der Waals surface area contributed by atoms with Gasteiger partial charge in [-0.3, -0.25) is 0 Å². The first-order valence-electron chi connectivity index (χ1n) is 4.24. The third kappa shape index (κ3) is 1.73. The summed E-state index contributed by atoms with van der Waals surface area (Å²) in [6.07, 6.45) is -1.62. The highest BCUT2D eigenvalue weighted by Gasteiger charge is 2.33. The van der Waals surface area contributed by atoms with Crippen molar-refractivity contribution in [1.82, 2.24) is 9.38 Å². The highest BCUT2D eigenvalue weighted by Crippen LogP contribution is 2.31. The van der Waals surface area contributed by atoms with Crippen molar-refractivity contribution in [2.24, 2.45) is 5.73 Å². The number of alkyl halides is 3. The van der Waals surface area contributed by atoms with Crippen molar-refractivity contribution in [3.8, 4) is 0 Å². The molecule has 2 aromatic heterocycles. The summed E-state index contributed by atoms with van der Waals surface area (Å²) in [6.45, 7) is 0. The maximum Gasteiger partial charge on any atom is 0.419 e. The SMILES string of the molecule is NC(=S)c1cn2cccc(C(F)(F)F)c2n1. The molecule has 0 aliphatic carbocycles. The van der Waals surface area contributed by atoms with Gasteiger partial charge in [0.05, 0.1) is 5.56 Å². The number of aromatic nitrogens is 2. The van der Waals surface area contributed by atoms with Gasteiger partial charge in [-0.05, 0) is 12.1 Å². The highest BCUT2D eigenvalue weighted by atomic mass is 32.1. The van der Waals surface area contributed by atoms with Crippen LogP contribution < -0.4 is 5.73 Å². The molecule has 7 heteroatoms. The quantitative estimate of drug-likeness (QED) is 0.781. The molecule has 84 valence electrons. The molecule has 0 atom stereocenters. The molecule has 0 aliphatic rings. The number of imidazole rings is 1. The molecule has 0 aliphatic heterocycles. The van der Waals surface area contributed by atoms with Crippen LogP contribution in [0.1, 0.15) is 11.3 Å². The molecule has 0 bridgehead atoms. The van der Waals surface area contributed by atoms with E-state index >= 15 is 0 Å². The normalized spacial score (nSPS) is 11.9. The Morgan fingerprint density at radius 3 is 2.69 bits per heavy atom. The van der Waals surface area contributed by atoms with Gasteiger partial charge in [-0.25, -0.2) is 4.98 Å². The predicted molar refractivity (Wildman–Crippen MR) is 56.1 cm³/mol. The summed E-state index contributed by atoms with van der Waals surface area (Å²) in [5.74, 6) is 0. The Morgan fingerprint density at radius 2 is 2.12 bits per heavy atom. The van der Waals surface area contributed by atoms with Gasteiger partial charge in [0.2, 0.25) is 0 Å². The summed E-state index contributed by atoms with van der Waals surface area (Å²) in [5.41, 5.74) is 4.48. The third-order valence-electron chi connectivity index (χ3n) is 2.04. The fourth-order valence-corrected chi connectivity index (χ4v) is 1.45. The van der Waals surface area contributed by atoms with Crippen molar-refractivity contribution < 1.29 is 13.2 Å². The van der Waals surface area contributed by atoms with E-state index < -0.39 is 11.7 Å². The Bertz CT molecular complexity index is 559. The fourth-order valence-electron chi connectivity index (χ4n) is 1.35. The Labute approximate surface area is 93.7 Å². The average Bonchev–Trinajstić information content (AvgIpc) is 2.58. The number of hydrogen-bond acceptors (Lipinski definition) is 2. The molecule has 0 spiro atoms. The van der Waals surface area contributed by atoms with Gasteiger partial charge in [0, 0.05) is 12.4 Å². The van der Waals surface area contributed by atoms with Crippen molar-refractivity contribution in [2.45, 2.75) is 6.18 Å². The van der Waals surface area contributed by atoms with Crippen LogP contribution in [0.3, 0.4) is 0 Å². The number of halogens is 3. The van der Waals surface area contributed by atoms with Crippen LogP contribution in [0.4, 0.5) is 13.2 Å². The van der Waals surface area contributed by atoms with Crippen LogP contribution in [0.5, 0.6) is 0 Å². The zero-order valence-electron chi connectivity index (χ0n) is 7.82. The summed E-state index contributed by atoms with van der Waals surface area (Å²) in [6, 6.07) is 2.26. The lowest BCUT2D eigenvalue weighted by molar-refractivity contribution is -0.136. The van der Waals surface area contributed by atoms with E-state index in [1.54, 1.807) is 0 Å². The second-order valence-electron chi connectivity index (χ2n) is 3.14. The van der Waals surface area contributed by atoms with Gasteiger partial charge in [0.25, 0.3) is 0 Å². The van der Waals surface area contributed by atoms with Crippen LogP contribution in [0.15, 0.2) is 24.5 Å². The minimum Gasteiger partial charge on any atom is -0.388 e. The highest BCUT2D eigenvalue weighted by molar-refractivity contribution is 7.80. The molecule has 0 aromatic carbocycles. The molecular formula is C9H6F3N3S.